The first-order valence-corrected chi connectivity index (χ1v) is 5.82. The van der Waals surface area contributed by atoms with Crippen molar-refractivity contribution in [2.45, 2.75) is 25.5 Å². The Morgan fingerprint density at radius 3 is 2.65 bits per heavy atom. The Kier molecular flexibility index (Phi) is 5.97. The summed E-state index contributed by atoms with van der Waals surface area (Å²) in [4.78, 5) is 0. The van der Waals surface area contributed by atoms with Crippen molar-refractivity contribution < 1.29 is 14.6 Å². The monoisotopic (exact) mass is 239 g/mol. The topological polar surface area (TPSA) is 64.7 Å². The van der Waals surface area contributed by atoms with E-state index in [4.69, 9.17) is 15.2 Å². The van der Waals surface area contributed by atoms with Gasteiger partial charge in [0.2, 0.25) is 0 Å². The minimum absolute atomic E-state index is 0.122. The number of hydrogen-bond acceptors (Lipinski definition) is 4. The molecule has 3 N–H and O–H groups in total. The van der Waals surface area contributed by atoms with Gasteiger partial charge >= 0.3 is 0 Å². The van der Waals surface area contributed by atoms with Gasteiger partial charge in [-0.2, -0.15) is 0 Å². The third-order valence-corrected chi connectivity index (χ3v) is 2.65. The van der Waals surface area contributed by atoms with Crippen LogP contribution in [0.25, 0.3) is 0 Å². The van der Waals surface area contributed by atoms with Crippen LogP contribution in [0, 0.1) is 0 Å². The van der Waals surface area contributed by atoms with Gasteiger partial charge in [-0.3, -0.25) is 0 Å². The van der Waals surface area contributed by atoms with Gasteiger partial charge in [-0.25, -0.2) is 0 Å². The van der Waals surface area contributed by atoms with Gasteiger partial charge in [-0.15, -0.1) is 0 Å². The van der Waals surface area contributed by atoms with Gasteiger partial charge in [0.25, 0.3) is 0 Å². The second-order valence-electron chi connectivity index (χ2n) is 3.92. The highest BCUT2D eigenvalue weighted by Gasteiger charge is 2.19. The van der Waals surface area contributed by atoms with Crippen LogP contribution in [0.1, 0.15) is 12.5 Å². The molecule has 96 valence electrons. The first kappa shape index (κ1) is 14.0. The zero-order valence-corrected chi connectivity index (χ0v) is 10.4. The summed E-state index contributed by atoms with van der Waals surface area (Å²) in [5.41, 5.74) is 6.98. The number of aliphatic hydroxyl groups is 1. The molecule has 2 unspecified atom stereocenters. The van der Waals surface area contributed by atoms with Crippen molar-refractivity contribution in [3.8, 4) is 5.75 Å². The first-order chi connectivity index (χ1) is 8.22. The number of rotatable bonds is 7. The number of para-hydroxylation sites is 1. The summed E-state index contributed by atoms with van der Waals surface area (Å²) in [7, 11) is 1.58. The number of aryl methyl sites for hydroxylation is 1. The van der Waals surface area contributed by atoms with Crippen LogP contribution in [0.15, 0.2) is 24.3 Å². The van der Waals surface area contributed by atoms with Crippen LogP contribution < -0.4 is 10.5 Å². The van der Waals surface area contributed by atoms with Crippen molar-refractivity contribution in [2.75, 3.05) is 20.3 Å². The molecule has 4 heteroatoms. The second-order valence-corrected chi connectivity index (χ2v) is 3.92. The fraction of sp³-hybridized carbons (Fsp3) is 0.538. The summed E-state index contributed by atoms with van der Waals surface area (Å²) in [5.74, 6) is 0.778. The fourth-order valence-electron chi connectivity index (χ4n) is 1.63. The zero-order valence-electron chi connectivity index (χ0n) is 10.4. The van der Waals surface area contributed by atoms with Crippen LogP contribution in [-0.2, 0) is 11.2 Å². The summed E-state index contributed by atoms with van der Waals surface area (Å²) in [6.07, 6.45) is 0.441. The predicted molar refractivity (Wildman–Crippen MR) is 67.2 cm³/mol. The molecule has 0 saturated carbocycles. The molecule has 0 aliphatic heterocycles. The quantitative estimate of drug-likeness (QED) is 0.744. The highest BCUT2D eigenvalue weighted by Crippen LogP contribution is 2.20. The highest BCUT2D eigenvalue weighted by atomic mass is 16.5. The molecule has 4 nitrogen and oxygen atoms in total. The Balaban J connectivity index is 2.73. The fourth-order valence-corrected chi connectivity index (χ4v) is 1.63. The molecule has 17 heavy (non-hydrogen) atoms. The van der Waals surface area contributed by atoms with Crippen molar-refractivity contribution >= 4 is 0 Å². The maximum Gasteiger partial charge on any atom is 0.139 e. The average molecular weight is 239 g/mol. The molecule has 0 heterocycles. The minimum Gasteiger partial charge on any atom is -0.486 e. The van der Waals surface area contributed by atoms with Gasteiger partial charge < -0.3 is 20.3 Å². The standard InChI is InChI=1S/C13H21NO3/c1-3-10-6-4-5-7-12(10)17-13(8-15)11(14)9-16-2/h4-7,11,13,15H,3,8-9,14H2,1-2H3. The molecule has 0 bridgehead atoms. The van der Waals surface area contributed by atoms with Gasteiger partial charge in [0.1, 0.15) is 11.9 Å². The van der Waals surface area contributed by atoms with Crippen LogP contribution >= 0.6 is 0 Å². The van der Waals surface area contributed by atoms with Crippen LogP contribution in [-0.4, -0.2) is 37.6 Å². The van der Waals surface area contributed by atoms with E-state index in [1.807, 2.05) is 24.3 Å². The predicted octanol–water partition coefficient (Wildman–Crippen LogP) is 0.962. The lowest BCUT2D eigenvalue weighted by Crippen LogP contribution is -2.44. The summed E-state index contributed by atoms with van der Waals surface area (Å²) in [6.45, 7) is 2.30. The minimum atomic E-state index is -0.442. The average Bonchev–Trinajstić information content (AvgIpc) is 2.36. The lowest BCUT2D eigenvalue weighted by Gasteiger charge is -2.23. The van der Waals surface area contributed by atoms with Crippen molar-refractivity contribution in [2.24, 2.45) is 5.73 Å². The van der Waals surface area contributed by atoms with E-state index in [0.717, 1.165) is 17.7 Å². The van der Waals surface area contributed by atoms with Crippen LogP contribution in [0.2, 0.25) is 0 Å². The van der Waals surface area contributed by atoms with E-state index in [2.05, 4.69) is 6.92 Å². The molecule has 2 atom stereocenters. The molecule has 1 aromatic rings. The van der Waals surface area contributed by atoms with Crippen molar-refractivity contribution in [1.29, 1.82) is 0 Å². The SMILES string of the molecule is CCc1ccccc1OC(CO)C(N)COC. The van der Waals surface area contributed by atoms with E-state index in [1.54, 1.807) is 7.11 Å². The van der Waals surface area contributed by atoms with Crippen LogP contribution in [0.5, 0.6) is 5.75 Å². The lowest BCUT2D eigenvalue weighted by molar-refractivity contribution is 0.0599. The molecular formula is C13H21NO3. The number of methoxy groups -OCH3 is 1. The van der Waals surface area contributed by atoms with Gasteiger partial charge in [-0.1, -0.05) is 25.1 Å². The molecule has 0 radical (unpaired) electrons. The third kappa shape index (κ3) is 4.00. The normalized spacial score (nSPS) is 14.4. The number of hydrogen-bond donors (Lipinski definition) is 2. The molecular weight excluding hydrogens is 218 g/mol. The molecule has 0 fully saturated rings. The summed E-state index contributed by atoms with van der Waals surface area (Å²) < 4.78 is 10.7. The van der Waals surface area contributed by atoms with Gasteiger partial charge in [-0.05, 0) is 18.1 Å². The smallest absolute Gasteiger partial charge is 0.139 e. The second kappa shape index (κ2) is 7.27. The Morgan fingerprint density at radius 2 is 2.06 bits per heavy atom. The Hall–Kier alpha value is -1.10. The number of aliphatic hydroxyl groups excluding tert-OH is 1. The molecule has 1 rings (SSSR count). The van der Waals surface area contributed by atoms with Crippen LogP contribution in [0.4, 0.5) is 0 Å². The molecule has 0 aliphatic carbocycles. The number of nitrogens with two attached hydrogens (primary N) is 1. The van der Waals surface area contributed by atoms with Gasteiger partial charge in [0.05, 0.1) is 19.3 Å². The first-order valence-electron chi connectivity index (χ1n) is 5.82. The lowest BCUT2D eigenvalue weighted by atomic mass is 10.1. The molecule has 0 saturated heterocycles. The van der Waals surface area contributed by atoms with E-state index in [1.165, 1.54) is 0 Å². The van der Waals surface area contributed by atoms with E-state index in [9.17, 15) is 5.11 Å². The van der Waals surface area contributed by atoms with Gasteiger partial charge in [0, 0.05) is 7.11 Å². The van der Waals surface area contributed by atoms with Crippen molar-refractivity contribution in [1.82, 2.24) is 0 Å². The van der Waals surface area contributed by atoms with E-state index >= 15 is 0 Å². The third-order valence-electron chi connectivity index (χ3n) is 2.65. The summed E-state index contributed by atoms with van der Waals surface area (Å²) in [6, 6.07) is 7.43. The molecule has 0 spiro atoms. The van der Waals surface area contributed by atoms with E-state index in [0.29, 0.717) is 6.61 Å². The summed E-state index contributed by atoms with van der Waals surface area (Å²) in [5, 5.41) is 9.29. The largest absolute Gasteiger partial charge is 0.486 e. The Bertz CT molecular complexity index is 330. The zero-order chi connectivity index (χ0) is 12.7. The Labute approximate surface area is 102 Å². The highest BCUT2D eigenvalue weighted by molar-refractivity contribution is 5.33. The van der Waals surface area contributed by atoms with Crippen molar-refractivity contribution in [3.63, 3.8) is 0 Å². The Morgan fingerprint density at radius 1 is 1.35 bits per heavy atom. The van der Waals surface area contributed by atoms with E-state index in [-0.39, 0.29) is 12.6 Å². The van der Waals surface area contributed by atoms with Gasteiger partial charge in [0.15, 0.2) is 0 Å². The molecule has 0 aromatic heterocycles. The van der Waals surface area contributed by atoms with E-state index < -0.39 is 6.10 Å². The molecule has 0 aliphatic rings. The maximum atomic E-state index is 9.29. The molecule has 0 amide bonds. The maximum absolute atomic E-state index is 9.29. The number of ether oxygens (including phenoxy) is 2. The molecule has 1 aromatic carbocycles. The number of benzene rings is 1. The van der Waals surface area contributed by atoms with Crippen LogP contribution in [0.3, 0.4) is 0 Å². The van der Waals surface area contributed by atoms with Crippen molar-refractivity contribution in [3.05, 3.63) is 29.8 Å². The summed E-state index contributed by atoms with van der Waals surface area (Å²) >= 11 is 0.